The topological polar surface area (TPSA) is 54.9 Å². The molecule has 0 radical (unpaired) electrons. The third-order valence-corrected chi connectivity index (χ3v) is 10.5. The number of hydrogen-bond acceptors (Lipinski definition) is 6. The van der Waals surface area contributed by atoms with Gasteiger partial charge in [-0.15, -0.1) is 6.42 Å². The fraction of sp³-hybridized carbons (Fsp3) is 0.457. The Morgan fingerprint density at radius 2 is 1.91 bits per heavy atom. The Balaban J connectivity index is 1.20. The molecule has 4 atom stereocenters. The second kappa shape index (κ2) is 10.2. The molecule has 2 bridgehead atoms. The average molecular weight is 582 g/mol. The Labute approximate surface area is 251 Å². The van der Waals surface area contributed by atoms with Crippen molar-refractivity contribution in [3.8, 4) is 18.1 Å². The van der Waals surface area contributed by atoms with E-state index < -0.39 is 12.0 Å². The van der Waals surface area contributed by atoms with E-state index in [0.29, 0.717) is 48.9 Å². The van der Waals surface area contributed by atoms with Gasteiger partial charge in [0, 0.05) is 78.6 Å². The summed E-state index contributed by atoms with van der Waals surface area (Å²) in [6.07, 6.45) is 15.1. The summed E-state index contributed by atoms with van der Waals surface area (Å²) >= 11 is 0. The van der Waals surface area contributed by atoms with Gasteiger partial charge in [0.2, 0.25) is 0 Å². The molecule has 0 aliphatic carbocycles. The van der Waals surface area contributed by atoms with E-state index in [9.17, 15) is 13.9 Å². The summed E-state index contributed by atoms with van der Waals surface area (Å²) in [5, 5.41) is 15.7. The molecule has 1 aromatic heterocycles. The van der Waals surface area contributed by atoms with Crippen molar-refractivity contribution >= 4 is 28.2 Å². The van der Waals surface area contributed by atoms with Crippen LogP contribution >= 0.6 is 0 Å². The van der Waals surface area contributed by atoms with E-state index in [2.05, 4.69) is 44.2 Å². The van der Waals surface area contributed by atoms with Crippen LogP contribution in [0.1, 0.15) is 54.6 Å². The smallest absolute Gasteiger partial charge is 0.139 e. The zero-order chi connectivity index (χ0) is 29.3. The number of aromatic nitrogens is 1. The van der Waals surface area contributed by atoms with E-state index in [4.69, 9.17) is 11.4 Å². The van der Waals surface area contributed by atoms with Crippen molar-refractivity contribution in [2.24, 2.45) is 0 Å². The minimum atomic E-state index is -0.781. The minimum Gasteiger partial charge on any atom is -0.508 e. The number of benzene rings is 2. The SMILES string of the molecule is C#Cc1c(F)ccc2cc(O)cc(N3CCc4c(N5CC6CCC(C5)N6)cc(/C=C/[C@@]56CCCN5C[C@H](F)C6)nc4C3)c12. The molecule has 2 aromatic carbocycles. The molecule has 5 aliphatic rings. The number of phenolic OH excluding ortho intramolecular Hbond substituents is 1. The third-order valence-electron chi connectivity index (χ3n) is 10.5. The van der Waals surface area contributed by atoms with Gasteiger partial charge in [0.1, 0.15) is 17.7 Å². The summed E-state index contributed by atoms with van der Waals surface area (Å²) in [6.45, 7) is 4.64. The normalized spacial score (nSPS) is 28.5. The van der Waals surface area contributed by atoms with E-state index in [1.54, 1.807) is 18.2 Å². The van der Waals surface area contributed by atoms with E-state index in [1.165, 1.54) is 30.2 Å². The second-order valence-electron chi connectivity index (χ2n) is 13.1. The summed E-state index contributed by atoms with van der Waals surface area (Å²) in [7, 11) is 0. The Morgan fingerprint density at radius 3 is 2.72 bits per heavy atom. The molecule has 2 unspecified atom stereocenters. The lowest BCUT2D eigenvalue weighted by molar-refractivity contribution is 0.247. The number of hydrogen-bond donors (Lipinski definition) is 2. The molecule has 4 saturated heterocycles. The van der Waals surface area contributed by atoms with Crippen LogP contribution in [0.25, 0.3) is 16.8 Å². The number of nitrogens with one attached hydrogen (secondary N) is 1. The number of anilines is 2. The highest BCUT2D eigenvalue weighted by Gasteiger charge is 2.47. The van der Waals surface area contributed by atoms with Gasteiger partial charge < -0.3 is 20.2 Å². The zero-order valence-electron chi connectivity index (χ0n) is 24.3. The molecule has 0 amide bonds. The van der Waals surface area contributed by atoms with Crippen LogP contribution in [0.4, 0.5) is 20.2 Å². The summed E-state index contributed by atoms with van der Waals surface area (Å²) in [5.41, 5.74) is 5.09. The molecule has 3 aromatic rings. The van der Waals surface area contributed by atoms with Crippen molar-refractivity contribution in [2.45, 2.75) is 68.9 Å². The number of alkyl halides is 1. The van der Waals surface area contributed by atoms with Gasteiger partial charge in [-0.25, -0.2) is 8.78 Å². The standard InChI is InChI=1S/C35H37F2N5O/c1-2-28-30(37)7-4-22-14-27(43)16-33(34(22)28)40-13-9-29-31(21-40)39-24(8-11-35-10-3-12-42(35)18-23(36)17-35)15-32(29)41-19-25-5-6-26(20-41)38-25/h1,4,7-8,11,14-16,23,25-26,38,43H,3,5-6,9-10,12-13,17-21H2/b11-8+/t23-,25?,26?,35-/m1/s1. The number of nitrogens with zero attached hydrogens (tertiary/aromatic N) is 4. The maximum atomic E-state index is 14.8. The van der Waals surface area contributed by atoms with E-state index >= 15 is 0 Å². The molecule has 5 aliphatic heterocycles. The molecule has 6 heterocycles. The van der Waals surface area contributed by atoms with Gasteiger partial charge >= 0.3 is 0 Å². The van der Waals surface area contributed by atoms with Crippen LogP contribution in [-0.4, -0.2) is 71.5 Å². The first-order valence-electron chi connectivity index (χ1n) is 15.7. The van der Waals surface area contributed by atoms with Crippen LogP contribution in [0.15, 0.2) is 36.4 Å². The number of terminal acetylenes is 1. The number of pyridine rings is 1. The number of aromatic hydroxyl groups is 1. The molecule has 0 spiro atoms. The van der Waals surface area contributed by atoms with E-state index in [-0.39, 0.29) is 16.9 Å². The molecule has 4 fully saturated rings. The molecule has 8 heteroatoms. The summed E-state index contributed by atoms with van der Waals surface area (Å²) in [5.74, 6) is 2.22. The molecule has 6 nitrogen and oxygen atoms in total. The van der Waals surface area contributed by atoms with E-state index in [0.717, 1.165) is 56.0 Å². The van der Waals surface area contributed by atoms with Gasteiger partial charge in [0.05, 0.1) is 23.5 Å². The predicted octanol–water partition coefficient (Wildman–Crippen LogP) is 5.15. The second-order valence-corrected chi connectivity index (χ2v) is 13.1. The summed E-state index contributed by atoms with van der Waals surface area (Å²) < 4.78 is 29.3. The van der Waals surface area contributed by atoms with Crippen molar-refractivity contribution in [1.29, 1.82) is 0 Å². The fourth-order valence-corrected chi connectivity index (χ4v) is 8.55. The van der Waals surface area contributed by atoms with Gasteiger partial charge in [-0.1, -0.05) is 18.1 Å². The summed E-state index contributed by atoms with van der Waals surface area (Å²) in [4.78, 5) is 12.2. The maximum Gasteiger partial charge on any atom is 0.139 e. The largest absolute Gasteiger partial charge is 0.508 e. The molecule has 8 rings (SSSR count). The maximum absolute atomic E-state index is 14.8. The van der Waals surface area contributed by atoms with Crippen molar-refractivity contribution in [3.05, 3.63) is 64.7 Å². The highest BCUT2D eigenvalue weighted by atomic mass is 19.1. The number of piperazine rings is 1. The molecular formula is C35H37F2N5O. The van der Waals surface area contributed by atoms with Crippen LogP contribution in [0.3, 0.4) is 0 Å². The first kappa shape index (κ1) is 26.9. The molecule has 222 valence electrons. The van der Waals surface area contributed by atoms with Gasteiger partial charge in [-0.3, -0.25) is 9.88 Å². The number of fused-ring (bicyclic) bond motifs is 5. The fourth-order valence-electron chi connectivity index (χ4n) is 8.55. The number of phenols is 1. The van der Waals surface area contributed by atoms with Crippen molar-refractivity contribution < 1.29 is 13.9 Å². The van der Waals surface area contributed by atoms with Crippen LogP contribution in [0, 0.1) is 18.2 Å². The Bertz CT molecular complexity index is 1670. The van der Waals surface area contributed by atoms with Crippen molar-refractivity contribution in [3.63, 3.8) is 0 Å². The molecule has 0 saturated carbocycles. The zero-order valence-corrected chi connectivity index (χ0v) is 24.3. The van der Waals surface area contributed by atoms with E-state index in [1.807, 2.05) is 0 Å². The Kier molecular flexibility index (Phi) is 6.39. The van der Waals surface area contributed by atoms with Crippen LogP contribution in [0.5, 0.6) is 5.75 Å². The highest BCUT2D eigenvalue weighted by Crippen LogP contribution is 2.42. The average Bonchev–Trinajstić information content (AvgIpc) is 3.65. The van der Waals surface area contributed by atoms with Crippen molar-refractivity contribution in [2.75, 3.05) is 42.5 Å². The van der Waals surface area contributed by atoms with Crippen LogP contribution < -0.4 is 15.1 Å². The van der Waals surface area contributed by atoms with Crippen molar-refractivity contribution in [1.82, 2.24) is 15.2 Å². The molecule has 43 heavy (non-hydrogen) atoms. The number of halogens is 2. The predicted molar refractivity (Wildman–Crippen MR) is 167 cm³/mol. The Hall–Kier alpha value is -3.67. The van der Waals surface area contributed by atoms with Gasteiger partial charge in [0.15, 0.2) is 0 Å². The van der Waals surface area contributed by atoms with Crippen LogP contribution in [-0.2, 0) is 13.0 Å². The lowest BCUT2D eigenvalue weighted by Crippen LogP contribution is -2.51. The van der Waals surface area contributed by atoms with Gasteiger partial charge in [0.25, 0.3) is 0 Å². The molecular weight excluding hydrogens is 544 g/mol. The first-order valence-corrected chi connectivity index (χ1v) is 15.7. The lowest BCUT2D eigenvalue weighted by atomic mass is 9.92. The Morgan fingerprint density at radius 1 is 1.07 bits per heavy atom. The number of rotatable bonds is 4. The first-order chi connectivity index (χ1) is 20.9. The van der Waals surface area contributed by atoms with Gasteiger partial charge in [-0.05, 0) is 68.3 Å². The monoisotopic (exact) mass is 581 g/mol. The van der Waals surface area contributed by atoms with Crippen LogP contribution in [0.2, 0.25) is 0 Å². The molecule has 2 N–H and O–H groups in total. The minimum absolute atomic E-state index is 0.118. The highest BCUT2D eigenvalue weighted by molar-refractivity contribution is 6.00. The lowest BCUT2D eigenvalue weighted by Gasteiger charge is -2.38. The quantitative estimate of drug-likeness (QED) is 0.416. The third kappa shape index (κ3) is 4.56. The summed E-state index contributed by atoms with van der Waals surface area (Å²) in [6, 6.07) is 9.59. The van der Waals surface area contributed by atoms with Gasteiger partial charge in [-0.2, -0.15) is 0 Å².